The number of fused-ring (bicyclic) bond motifs is 2. The molecule has 1 aliphatic heterocycles. The van der Waals surface area contributed by atoms with Gasteiger partial charge in [-0.1, -0.05) is 20.8 Å². The molecule has 0 saturated heterocycles. The number of carbonyl (C=O) groups is 1. The van der Waals surface area contributed by atoms with Gasteiger partial charge in [-0.3, -0.25) is 4.68 Å². The van der Waals surface area contributed by atoms with Gasteiger partial charge in [-0.2, -0.15) is 10.4 Å². The van der Waals surface area contributed by atoms with Gasteiger partial charge in [0.15, 0.2) is 5.69 Å². The molecule has 0 aliphatic carbocycles. The van der Waals surface area contributed by atoms with Crippen LogP contribution in [-0.4, -0.2) is 20.7 Å². The van der Waals surface area contributed by atoms with Crippen LogP contribution in [0, 0.1) is 31.0 Å². The standard InChI is InChI=1S/C24H25FN4O2/c1-13-14(2)27-21-16(10-15(11-17(21)25)24(3,4)5)22(13)31-23(30)20-18(12-26)28-29-9-7-6-8-19(20)29/h10-11H,6-9H2,1-5H3. The Morgan fingerprint density at radius 1 is 1.26 bits per heavy atom. The van der Waals surface area contributed by atoms with E-state index in [-0.39, 0.29) is 27.9 Å². The number of aromatic nitrogens is 3. The van der Waals surface area contributed by atoms with E-state index in [4.69, 9.17) is 4.74 Å². The van der Waals surface area contributed by atoms with Crippen molar-refractivity contribution in [2.45, 2.75) is 65.8 Å². The lowest BCUT2D eigenvalue weighted by Gasteiger charge is -2.21. The molecule has 0 radical (unpaired) electrons. The summed E-state index contributed by atoms with van der Waals surface area (Å²) in [4.78, 5) is 17.7. The van der Waals surface area contributed by atoms with Crippen molar-refractivity contribution < 1.29 is 13.9 Å². The van der Waals surface area contributed by atoms with Gasteiger partial charge < -0.3 is 4.74 Å². The monoisotopic (exact) mass is 420 g/mol. The Kier molecular flexibility index (Phi) is 5.04. The Labute approximate surface area is 180 Å². The van der Waals surface area contributed by atoms with Gasteiger partial charge in [0.25, 0.3) is 0 Å². The largest absolute Gasteiger partial charge is 0.422 e. The van der Waals surface area contributed by atoms with Crippen LogP contribution in [-0.2, 0) is 18.4 Å². The Hall–Kier alpha value is -3.27. The number of hydrogen-bond acceptors (Lipinski definition) is 5. The summed E-state index contributed by atoms with van der Waals surface area (Å²) >= 11 is 0. The minimum atomic E-state index is -0.642. The van der Waals surface area contributed by atoms with Gasteiger partial charge in [0.1, 0.15) is 28.7 Å². The summed E-state index contributed by atoms with van der Waals surface area (Å²) in [7, 11) is 0. The van der Waals surface area contributed by atoms with Crippen molar-refractivity contribution in [1.82, 2.24) is 14.8 Å². The molecule has 3 heterocycles. The van der Waals surface area contributed by atoms with Gasteiger partial charge >= 0.3 is 5.97 Å². The van der Waals surface area contributed by atoms with Gasteiger partial charge in [0.2, 0.25) is 0 Å². The number of pyridine rings is 1. The molecule has 0 bridgehead atoms. The van der Waals surface area contributed by atoms with Crippen LogP contribution in [0.15, 0.2) is 12.1 Å². The van der Waals surface area contributed by atoms with Gasteiger partial charge in [0, 0.05) is 23.2 Å². The van der Waals surface area contributed by atoms with E-state index in [9.17, 15) is 14.4 Å². The van der Waals surface area contributed by atoms with Crippen LogP contribution in [0.2, 0.25) is 0 Å². The highest BCUT2D eigenvalue weighted by atomic mass is 19.1. The predicted molar refractivity (Wildman–Crippen MR) is 115 cm³/mol. The third-order valence-corrected chi connectivity index (χ3v) is 5.93. The maximum absolute atomic E-state index is 15.0. The third-order valence-electron chi connectivity index (χ3n) is 5.93. The zero-order valence-corrected chi connectivity index (χ0v) is 18.5. The fourth-order valence-corrected chi connectivity index (χ4v) is 3.99. The summed E-state index contributed by atoms with van der Waals surface area (Å²) in [6, 6.07) is 5.33. The van der Waals surface area contributed by atoms with Crippen LogP contribution in [0.1, 0.15) is 72.2 Å². The number of nitriles is 1. The topological polar surface area (TPSA) is 80.8 Å². The lowest BCUT2D eigenvalue weighted by molar-refractivity contribution is 0.0733. The quantitative estimate of drug-likeness (QED) is 0.550. The molecule has 1 aliphatic rings. The number of hydrogen-bond donors (Lipinski definition) is 0. The molecule has 3 aromatic rings. The molecule has 0 N–H and O–H groups in total. The second-order valence-electron chi connectivity index (χ2n) is 9.11. The van der Waals surface area contributed by atoms with Crippen LogP contribution >= 0.6 is 0 Å². The minimum absolute atomic E-state index is 0.0659. The average Bonchev–Trinajstić information content (AvgIpc) is 3.10. The van der Waals surface area contributed by atoms with E-state index in [0.717, 1.165) is 24.1 Å². The number of ether oxygens (including phenoxy) is 1. The van der Waals surface area contributed by atoms with Gasteiger partial charge in [-0.15, -0.1) is 0 Å². The number of nitrogens with zero attached hydrogens (tertiary/aromatic N) is 4. The number of aryl methyl sites for hydroxylation is 2. The molecule has 1 aromatic carbocycles. The highest BCUT2D eigenvalue weighted by Gasteiger charge is 2.29. The second-order valence-corrected chi connectivity index (χ2v) is 9.11. The summed E-state index contributed by atoms with van der Waals surface area (Å²) in [5.41, 5.74) is 2.88. The molecular weight excluding hydrogens is 395 g/mol. The smallest absolute Gasteiger partial charge is 0.348 e. The van der Waals surface area contributed by atoms with E-state index < -0.39 is 11.8 Å². The zero-order chi connectivity index (χ0) is 22.5. The molecule has 6 nitrogen and oxygen atoms in total. The van der Waals surface area contributed by atoms with Gasteiger partial charge in [-0.25, -0.2) is 14.2 Å². The fourth-order valence-electron chi connectivity index (χ4n) is 3.99. The first-order chi connectivity index (χ1) is 14.6. The molecule has 0 amide bonds. The molecule has 4 rings (SSSR count). The van der Waals surface area contributed by atoms with E-state index in [0.29, 0.717) is 29.6 Å². The first-order valence-electron chi connectivity index (χ1n) is 10.4. The van der Waals surface area contributed by atoms with Crippen molar-refractivity contribution in [2.24, 2.45) is 0 Å². The Bertz CT molecular complexity index is 1260. The van der Waals surface area contributed by atoms with Gasteiger partial charge in [-0.05, 0) is 56.2 Å². The maximum atomic E-state index is 15.0. The SMILES string of the molecule is Cc1nc2c(F)cc(C(C)(C)C)cc2c(OC(=O)c2c(C#N)nn3c2CCCC3)c1C. The third kappa shape index (κ3) is 3.56. The molecule has 0 saturated carbocycles. The number of carbonyl (C=O) groups excluding carboxylic acids is 1. The van der Waals surface area contributed by atoms with Crippen molar-refractivity contribution in [3.63, 3.8) is 0 Å². The average molecular weight is 420 g/mol. The second kappa shape index (κ2) is 7.45. The lowest BCUT2D eigenvalue weighted by Crippen LogP contribution is -2.17. The van der Waals surface area contributed by atoms with E-state index in [1.54, 1.807) is 18.5 Å². The van der Waals surface area contributed by atoms with Crippen LogP contribution < -0.4 is 4.74 Å². The molecular formula is C24H25FN4O2. The van der Waals surface area contributed by atoms with Crippen molar-refractivity contribution in [2.75, 3.05) is 0 Å². The number of halogens is 1. The fraction of sp³-hybridized carbons (Fsp3) is 0.417. The van der Waals surface area contributed by atoms with Crippen molar-refractivity contribution in [3.05, 3.63) is 51.7 Å². The highest BCUT2D eigenvalue weighted by molar-refractivity contribution is 5.98. The number of benzene rings is 1. The van der Waals surface area contributed by atoms with E-state index >= 15 is 0 Å². The van der Waals surface area contributed by atoms with Crippen molar-refractivity contribution >= 4 is 16.9 Å². The summed E-state index contributed by atoms with van der Waals surface area (Å²) in [6.45, 7) is 10.2. The normalized spacial score (nSPS) is 13.7. The van der Waals surface area contributed by atoms with Gasteiger partial charge in [0.05, 0.1) is 5.69 Å². The molecule has 0 spiro atoms. The van der Waals surface area contributed by atoms with Crippen LogP contribution in [0.4, 0.5) is 4.39 Å². The first kappa shape index (κ1) is 21.0. The molecule has 7 heteroatoms. The molecule has 0 atom stereocenters. The summed E-state index contributed by atoms with van der Waals surface area (Å²) in [6.07, 6.45) is 2.54. The van der Waals surface area contributed by atoms with E-state index in [1.165, 1.54) is 6.07 Å². The summed E-state index contributed by atoms with van der Waals surface area (Å²) < 4.78 is 22.5. The van der Waals surface area contributed by atoms with Crippen LogP contribution in [0.5, 0.6) is 5.75 Å². The summed E-state index contributed by atoms with van der Waals surface area (Å²) in [5.74, 6) is -0.822. The molecule has 31 heavy (non-hydrogen) atoms. The van der Waals surface area contributed by atoms with Crippen molar-refractivity contribution in [1.29, 1.82) is 5.26 Å². The zero-order valence-electron chi connectivity index (χ0n) is 18.5. The van der Waals surface area contributed by atoms with Crippen molar-refractivity contribution in [3.8, 4) is 11.8 Å². The number of rotatable bonds is 2. The van der Waals surface area contributed by atoms with Crippen LogP contribution in [0.25, 0.3) is 10.9 Å². The Balaban J connectivity index is 1.88. The first-order valence-corrected chi connectivity index (χ1v) is 10.4. The molecule has 0 fully saturated rings. The maximum Gasteiger partial charge on any atom is 0.348 e. The molecule has 160 valence electrons. The molecule has 0 unspecified atom stereocenters. The lowest BCUT2D eigenvalue weighted by atomic mass is 9.86. The number of esters is 1. The Morgan fingerprint density at radius 3 is 2.68 bits per heavy atom. The highest BCUT2D eigenvalue weighted by Crippen LogP contribution is 2.36. The summed E-state index contributed by atoms with van der Waals surface area (Å²) in [5, 5.41) is 14.2. The van der Waals surface area contributed by atoms with E-state index in [2.05, 4.69) is 10.1 Å². The van der Waals surface area contributed by atoms with E-state index in [1.807, 2.05) is 32.9 Å². The minimum Gasteiger partial charge on any atom is -0.422 e. The van der Waals surface area contributed by atoms with Crippen LogP contribution in [0.3, 0.4) is 0 Å². The molecule has 2 aromatic heterocycles. The predicted octanol–water partition coefficient (Wildman–Crippen LogP) is 4.91. The Morgan fingerprint density at radius 2 is 2.00 bits per heavy atom.